The summed E-state index contributed by atoms with van der Waals surface area (Å²) in [5.74, 6) is 0.371. The Morgan fingerprint density at radius 2 is 2.09 bits per heavy atom. The van der Waals surface area contributed by atoms with Crippen LogP contribution in [0.15, 0.2) is 0 Å². The van der Waals surface area contributed by atoms with Gasteiger partial charge in [0.05, 0.1) is 17.1 Å². The van der Waals surface area contributed by atoms with Gasteiger partial charge in [-0.15, -0.1) is 0 Å². The predicted molar refractivity (Wildman–Crippen MR) is 41.2 cm³/mol. The summed E-state index contributed by atoms with van der Waals surface area (Å²) in [7, 11) is -2.81. The second-order valence-electron chi connectivity index (χ2n) is 3.41. The molecule has 0 saturated carbocycles. The number of sulfone groups is 1. The molecule has 0 bridgehead atoms. The maximum Gasteiger partial charge on any atom is 0.158 e. The van der Waals surface area contributed by atoms with Crippen LogP contribution >= 0.6 is 0 Å². The first-order valence-corrected chi connectivity index (χ1v) is 5.62. The van der Waals surface area contributed by atoms with Crippen LogP contribution < -0.4 is 0 Å². The Kier molecular flexibility index (Phi) is 1.51. The van der Waals surface area contributed by atoms with Crippen LogP contribution in [0, 0.1) is 0 Å². The van der Waals surface area contributed by atoms with Crippen LogP contribution in [0.4, 0.5) is 0 Å². The molecule has 0 aliphatic carbocycles. The summed E-state index contributed by atoms with van der Waals surface area (Å²) >= 11 is 0. The summed E-state index contributed by atoms with van der Waals surface area (Å²) in [5.41, 5.74) is 0. The van der Waals surface area contributed by atoms with Crippen LogP contribution in [0.1, 0.15) is 19.3 Å². The van der Waals surface area contributed by atoms with Crippen molar-refractivity contribution in [2.75, 3.05) is 19.0 Å². The van der Waals surface area contributed by atoms with E-state index in [1.807, 2.05) is 0 Å². The van der Waals surface area contributed by atoms with Gasteiger partial charge in [0.2, 0.25) is 0 Å². The van der Waals surface area contributed by atoms with E-state index in [-0.39, 0.29) is 0 Å². The number of rotatable bonds is 0. The Morgan fingerprint density at radius 3 is 2.55 bits per heavy atom. The van der Waals surface area contributed by atoms with Gasteiger partial charge in [0.25, 0.3) is 0 Å². The minimum Gasteiger partial charge on any atom is -0.380 e. The third-order valence-corrected chi connectivity index (χ3v) is 5.44. The summed E-state index contributed by atoms with van der Waals surface area (Å²) in [6.45, 7) is 1.06. The van der Waals surface area contributed by atoms with Crippen LogP contribution in [0.3, 0.4) is 0 Å². The van der Waals surface area contributed by atoms with Crippen molar-refractivity contribution in [3.63, 3.8) is 0 Å². The smallest absolute Gasteiger partial charge is 0.158 e. The first kappa shape index (κ1) is 7.55. The molecule has 1 atom stereocenters. The fourth-order valence-corrected chi connectivity index (χ4v) is 4.06. The van der Waals surface area contributed by atoms with Gasteiger partial charge in [-0.25, -0.2) is 8.42 Å². The average molecular weight is 176 g/mol. The van der Waals surface area contributed by atoms with Crippen molar-refractivity contribution in [1.82, 2.24) is 0 Å². The zero-order chi connectivity index (χ0) is 7.95. The Labute approximate surface area is 66.7 Å². The minimum atomic E-state index is -2.81. The quantitative estimate of drug-likeness (QED) is 0.535. The molecule has 0 radical (unpaired) electrons. The van der Waals surface area contributed by atoms with Crippen molar-refractivity contribution in [3.05, 3.63) is 0 Å². The average Bonchev–Trinajstić information content (AvgIpc) is 2.45. The van der Waals surface area contributed by atoms with Crippen LogP contribution in [0.25, 0.3) is 0 Å². The molecule has 4 heteroatoms. The molecule has 3 nitrogen and oxygen atoms in total. The van der Waals surface area contributed by atoms with E-state index in [4.69, 9.17) is 4.74 Å². The molecular formula is C7H12O3S. The third-order valence-electron chi connectivity index (χ3n) is 2.77. The molecule has 2 fully saturated rings. The summed E-state index contributed by atoms with van der Waals surface area (Å²) < 4.78 is 27.7. The standard InChI is InChI=1S/C7H12O3S/c8-11(9)5-1-2-7(11)3-4-10-6-7/h1-6H2. The van der Waals surface area contributed by atoms with Gasteiger partial charge in [-0.05, 0) is 19.3 Å². The number of hydrogen-bond acceptors (Lipinski definition) is 3. The second-order valence-corrected chi connectivity index (χ2v) is 5.91. The highest BCUT2D eigenvalue weighted by Gasteiger charge is 2.50. The third kappa shape index (κ3) is 0.924. The van der Waals surface area contributed by atoms with Crippen LogP contribution in [0.5, 0.6) is 0 Å². The summed E-state index contributed by atoms with van der Waals surface area (Å²) in [5, 5.41) is 0. The van der Waals surface area contributed by atoms with E-state index in [2.05, 4.69) is 0 Å². The first-order valence-electron chi connectivity index (χ1n) is 3.96. The summed E-state index contributed by atoms with van der Waals surface area (Å²) in [6, 6.07) is 0. The molecule has 0 amide bonds. The molecule has 0 N–H and O–H groups in total. The monoisotopic (exact) mass is 176 g/mol. The van der Waals surface area contributed by atoms with Gasteiger partial charge < -0.3 is 4.74 Å². The maximum absolute atomic E-state index is 11.5. The molecule has 1 spiro atoms. The maximum atomic E-state index is 11.5. The van der Waals surface area contributed by atoms with Gasteiger partial charge in [0.1, 0.15) is 0 Å². The van der Waals surface area contributed by atoms with Crippen molar-refractivity contribution in [3.8, 4) is 0 Å². The molecule has 2 rings (SSSR count). The largest absolute Gasteiger partial charge is 0.380 e. The number of hydrogen-bond donors (Lipinski definition) is 0. The zero-order valence-electron chi connectivity index (χ0n) is 6.38. The normalized spacial score (nSPS) is 41.8. The molecule has 2 heterocycles. The van der Waals surface area contributed by atoms with Crippen LogP contribution in [-0.2, 0) is 14.6 Å². The van der Waals surface area contributed by atoms with Gasteiger partial charge in [0.15, 0.2) is 9.84 Å². The Bertz CT molecular complexity index is 243. The lowest BCUT2D eigenvalue weighted by atomic mass is 10.0. The van der Waals surface area contributed by atoms with E-state index in [0.29, 0.717) is 19.0 Å². The van der Waals surface area contributed by atoms with E-state index in [0.717, 1.165) is 19.3 Å². The lowest BCUT2D eigenvalue weighted by Gasteiger charge is -2.18. The topological polar surface area (TPSA) is 43.4 Å². The van der Waals surface area contributed by atoms with E-state index in [1.54, 1.807) is 0 Å². The molecular weight excluding hydrogens is 164 g/mol. The van der Waals surface area contributed by atoms with E-state index < -0.39 is 14.6 Å². The highest BCUT2D eigenvalue weighted by atomic mass is 32.2. The molecule has 0 aromatic heterocycles. The van der Waals surface area contributed by atoms with Crippen molar-refractivity contribution in [1.29, 1.82) is 0 Å². The molecule has 0 aromatic carbocycles. The Morgan fingerprint density at radius 1 is 1.27 bits per heavy atom. The molecule has 2 aliphatic rings. The molecule has 11 heavy (non-hydrogen) atoms. The van der Waals surface area contributed by atoms with Gasteiger partial charge in [-0.1, -0.05) is 0 Å². The van der Waals surface area contributed by atoms with Crippen LogP contribution in [-0.4, -0.2) is 32.1 Å². The van der Waals surface area contributed by atoms with Crippen molar-refractivity contribution in [2.45, 2.75) is 24.0 Å². The SMILES string of the molecule is O=S1(=O)CCCC12CCOC2. The molecule has 2 aliphatic heterocycles. The van der Waals surface area contributed by atoms with Crippen LogP contribution in [0.2, 0.25) is 0 Å². The van der Waals surface area contributed by atoms with Crippen molar-refractivity contribution >= 4 is 9.84 Å². The van der Waals surface area contributed by atoms with E-state index in [1.165, 1.54) is 0 Å². The van der Waals surface area contributed by atoms with E-state index in [9.17, 15) is 8.42 Å². The number of ether oxygens (including phenoxy) is 1. The predicted octanol–water partition coefficient (Wildman–Crippen LogP) is 0.354. The van der Waals surface area contributed by atoms with Crippen molar-refractivity contribution < 1.29 is 13.2 Å². The Hall–Kier alpha value is -0.0900. The molecule has 64 valence electrons. The molecule has 0 aromatic rings. The van der Waals surface area contributed by atoms with Crippen molar-refractivity contribution in [2.24, 2.45) is 0 Å². The minimum absolute atomic E-state index is 0.371. The van der Waals surface area contributed by atoms with Gasteiger partial charge in [-0.2, -0.15) is 0 Å². The summed E-state index contributed by atoms with van der Waals surface area (Å²) in [6.07, 6.45) is 2.36. The lowest BCUT2D eigenvalue weighted by molar-refractivity contribution is 0.189. The fraction of sp³-hybridized carbons (Fsp3) is 1.00. The fourth-order valence-electron chi connectivity index (χ4n) is 1.99. The van der Waals surface area contributed by atoms with Gasteiger partial charge >= 0.3 is 0 Å². The zero-order valence-corrected chi connectivity index (χ0v) is 7.19. The Balaban J connectivity index is 2.37. The molecule has 1 unspecified atom stereocenters. The molecule has 2 saturated heterocycles. The van der Waals surface area contributed by atoms with Gasteiger partial charge in [-0.3, -0.25) is 0 Å². The van der Waals surface area contributed by atoms with E-state index >= 15 is 0 Å². The highest BCUT2D eigenvalue weighted by Crippen LogP contribution is 2.38. The second kappa shape index (κ2) is 2.20. The highest BCUT2D eigenvalue weighted by molar-refractivity contribution is 7.93. The first-order chi connectivity index (χ1) is 5.16. The lowest BCUT2D eigenvalue weighted by Crippen LogP contribution is -2.34. The summed E-state index contributed by atoms with van der Waals surface area (Å²) in [4.78, 5) is 0. The van der Waals surface area contributed by atoms with Gasteiger partial charge in [0, 0.05) is 6.61 Å².